The lowest BCUT2D eigenvalue weighted by Crippen LogP contribution is -2.17. The Labute approximate surface area is 119 Å². The lowest BCUT2D eigenvalue weighted by molar-refractivity contribution is 0.581. The maximum absolute atomic E-state index is 13.7. The Hall–Kier alpha value is -0.880. The lowest BCUT2D eigenvalue weighted by atomic mass is 10.2. The normalized spacial score (nSPS) is 20.0. The van der Waals surface area contributed by atoms with E-state index in [0.717, 1.165) is 18.2 Å². The van der Waals surface area contributed by atoms with Crippen molar-refractivity contribution in [1.29, 1.82) is 0 Å². The van der Waals surface area contributed by atoms with Gasteiger partial charge in [0.1, 0.15) is 11.3 Å². The molecule has 2 heterocycles. The highest BCUT2D eigenvalue weighted by Gasteiger charge is 2.17. The van der Waals surface area contributed by atoms with Gasteiger partial charge in [0, 0.05) is 17.9 Å². The Morgan fingerprint density at radius 3 is 2.95 bits per heavy atom. The summed E-state index contributed by atoms with van der Waals surface area (Å²) in [6, 6.07) is 2.23. The average Bonchev–Trinajstić information content (AvgIpc) is 2.69. The van der Waals surface area contributed by atoms with E-state index in [1.165, 1.54) is 18.9 Å². The summed E-state index contributed by atoms with van der Waals surface area (Å²) in [5.74, 6) is 0.00322. The first-order valence-corrected chi connectivity index (χ1v) is 7.80. The summed E-state index contributed by atoms with van der Waals surface area (Å²) >= 11 is 7.15. The highest BCUT2D eigenvalue weighted by Crippen LogP contribution is 2.28. The number of H-pyrrole nitrogens is 1. The van der Waals surface area contributed by atoms with Crippen molar-refractivity contribution in [2.75, 3.05) is 5.75 Å². The van der Waals surface area contributed by atoms with E-state index < -0.39 is 11.6 Å². The Bertz CT molecular complexity index is 656. The number of aromatic nitrogens is 2. The molecule has 19 heavy (non-hydrogen) atoms. The average molecular weight is 300 g/mol. The number of halogens is 2. The van der Waals surface area contributed by atoms with Gasteiger partial charge < -0.3 is 9.55 Å². The number of hydrogen-bond donors (Lipinski definition) is 1. The van der Waals surface area contributed by atoms with Crippen LogP contribution in [0.15, 0.2) is 12.1 Å². The molecule has 2 aromatic rings. The molecule has 0 amide bonds. The molecule has 1 N–H and O–H groups in total. The Kier molecular flexibility index (Phi) is 3.62. The van der Waals surface area contributed by atoms with Crippen LogP contribution in [-0.4, -0.2) is 20.6 Å². The third kappa shape index (κ3) is 2.56. The third-order valence-corrected chi connectivity index (χ3v) is 5.17. The van der Waals surface area contributed by atoms with E-state index in [1.807, 2.05) is 16.3 Å². The smallest absolute Gasteiger partial charge is 0.178 e. The summed E-state index contributed by atoms with van der Waals surface area (Å²) in [6.45, 7) is 0.715. The maximum Gasteiger partial charge on any atom is 0.178 e. The fourth-order valence-corrected chi connectivity index (χ4v) is 4.08. The Morgan fingerprint density at radius 2 is 2.21 bits per heavy atom. The van der Waals surface area contributed by atoms with Gasteiger partial charge in [-0.2, -0.15) is 11.8 Å². The number of benzene rings is 1. The molecule has 0 saturated carbocycles. The number of aromatic amines is 1. The molecule has 0 aliphatic carbocycles. The van der Waals surface area contributed by atoms with Gasteiger partial charge in [-0.25, -0.2) is 8.78 Å². The van der Waals surface area contributed by atoms with E-state index in [4.69, 9.17) is 12.2 Å². The van der Waals surface area contributed by atoms with Gasteiger partial charge in [-0.1, -0.05) is 6.42 Å². The molecule has 1 aromatic heterocycles. The van der Waals surface area contributed by atoms with Gasteiger partial charge in [0.2, 0.25) is 0 Å². The summed E-state index contributed by atoms with van der Waals surface area (Å²) in [5.41, 5.74) is 0.820. The largest absolute Gasteiger partial charge is 0.328 e. The first kappa shape index (κ1) is 13.1. The molecule has 1 fully saturated rings. The van der Waals surface area contributed by atoms with Gasteiger partial charge in [-0.3, -0.25) is 0 Å². The van der Waals surface area contributed by atoms with E-state index in [9.17, 15) is 8.78 Å². The Balaban J connectivity index is 2.02. The van der Waals surface area contributed by atoms with Crippen LogP contribution in [0.3, 0.4) is 0 Å². The third-order valence-electron chi connectivity index (χ3n) is 3.46. The van der Waals surface area contributed by atoms with Gasteiger partial charge in [-0.05, 0) is 36.9 Å². The van der Waals surface area contributed by atoms with Crippen molar-refractivity contribution >= 4 is 35.0 Å². The molecule has 1 atom stereocenters. The van der Waals surface area contributed by atoms with E-state index in [1.54, 1.807) is 0 Å². The van der Waals surface area contributed by atoms with Crippen molar-refractivity contribution in [2.24, 2.45) is 0 Å². The predicted molar refractivity (Wildman–Crippen MR) is 77.1 cm³/mol. The molecule has 1 saturated heterocycles. The van der Waals surface area contributed by atoms with Crippen molar-refractivity contribution in [3.8, 4) is 0 Å². The molecular weight excluding hydrogens is 286 g/mol. The topological polar surface area (TPSA) is 20.7 Å². The van der Waals surface area contributed by atoms with E-state index in [2.05, 4.69) is 4.98 Å². The number of fused-ring (bicyclic) bond motifs is 1. The number of thioether (sulfide) groups is 1. The van der Waals surface area contributed by atoms with Crippen molar-refractivity contribution in [1.82, 2.24) is 9.55 Å². The minimum absolute atomic E-state index is 0.298. The number of rotatable bonds is 2. The van der Waals surface area contributed by atoms with Gasteiger partial charge in [0.05, 0.1) is 5.52 Å². The molecule has 1 aromatic carbocycles. The van der Waals surface area contributed by atoms with Crippen LogP contribution in [0.2, 0.25) is 0 Å². The molecule has 0 spiro atoms. The van der Waals surface area contributed by atoms with E-state index >= 15 is 0 Å². The second-order valence-corrected chi connectivity index (χ2v) is 6.61. The zero-order valence-corrected chi connectivity index (χ0v) is 11.9. The molecule has 2 nitrogen and oxygen atoms in total. The first-order valence-electron chi connectivity index (χ1n) is 6.34. The summed E-state index contributed by atoms with van der Waals surface area (Å²) in [4.78, 5) is 2.84. The molecule has 0 radical (unpaired) electrons. The second kappa shape index (κ2) is 5.25. The zero-order chi connectivity index (χ0) is 13.4. The first-order chi connectivity index (χ1) is 9.15. The van der Waals surface area contributed by atoms with E-state index in [-0.39, 0.29) is 0 Å². The molecular formula is C13H14F2N2S2. The summed E-state index contributed by atoms with van der Waals surface area (Å²) in [6.07, 6.45) is 3.61. The van der Waals surface area contributed by atoms with Crippen molar-refractivity contribution in [3.05, 3.63) is 28.5 Å². The lowest BCUT2D eigenvalue weighted by Gasteiger charge is -2.21. The van der Waals surface area contributed by atoms with Crippen LogP contribution < -0.4 is 0 Å². The van der Waals surface area contributed by atoms with Crippen molar-refractivity contribution < 1.29 is 8.78 Å². The van der Waals surface area contributed by atoms with Crippen LogP contribution in [0.25, 0.3) is 11.0 Å². The number of hydrogen-bond acceptors (Lipinski definition) is 2. The standard InChI is InChI=1S/C13H14F2N2S2/c14-8-5-10(15)12-11(6-8)17(13(18)16-12)7-9-3-1-2-4-19-9/h5-6,9H,1-4,7H2,(H,16,18). The maximum atomic E-state index is 13.7. The summed E-state index contributed by atoms with van der Waals surface area (Å²) < 4.78 is 29.3. The number of imidazole rings is 1. The highest BCUT2D eigenvalue weighted by atomic mass is 32.2. The van der Waals surface area contributed by atoms with Crippen LogP contribution in [0.5, 0.6) is 0 Å². The zero-order valence-electron chi connectivity index (χ0n) is 10.3. The van der Waals surface area contributed by atoms with Crippen LogP contribution in [0.4, 0.5) is 8.78 Å². The van der Waals surface area contributed by atoms with Crippen molar-refractivity contribution in [3.63, 3.8) is 0 Å². The quantitative estimate of drug-likeness (QED) is 0.836. The molecule has 0 bridgehead atoms. The minimum atomic E-state index is -0.587. The summed E-state index contributed by atoms with van der Waals surface area (Å²) in [7, 11) is 0. The fourth-order valence-electron chi connectivity index (χ4n) is 2.52. The predicted octanol–water partition coefficient (Wildman–Crippen LogP) is 4.26. The van der Waals surface area contributed by atoms with Crippen molar-refractivity contribution in [2.45, 2.75) is 31.1 Å². The minimum Gasteiger partial charge on any atom is -0.328 e. The van der Waals surface area contributed by atoms with Gasteiger partial charge in [0.25, 0.3) is 0 Å². The second-order valence-electron chi connectivity index (χ2n) is 4.81. The highest BCUT2D eigenvalue weighted by molar-refractivity contribution is 7.99. The monoisotopic (exact) mass is 300 g/mol. The number of nitrogens with one attached hydrogen (secondary N) is 1. The Morgan fingerprint density at radius 1 is 1.37 bits per heavy atom. The van der Waals surface area contributed by atoms with Crippen LogP contribution in [-0.2, 0) is 6.54 Å². The molecule has 1 unspecified atom stereocenters. The number of nitrogens with zero attached hydrogens (tertiary/aromatic N) is 1. The molecule has 6 heteroatoms. The van der Waals surface area contributed by atoms with Gasteiger partial charge in [-0.15, -0.1) is 0 Å². The fraction of sp³-hybridized carbons (Fsp3) is 0.462. The summed E-state index contributed by atoms with van der Waals surface area (Å²) in [5, 5.41) is 0.478. The van der Waals surface area contributed by atoms with Crippen LogP contribution in [0.1, 0.15) is 19.3 Å². The van der Waals surface area contributed by atoms with Gasteiger partial charge in [0.15, 0.2) is 10.6 Å². The van der Waals surface area contributed by atoms with E-state index in [0.29, 0.717) is 27.6 Å². The van der Waals surface area contributed by atoms with Crippen LogP contribution in [0, 0.1) is 16.4 Å². The molecule has 1 aliphatic heterocycles. The SMILES string of the molecule is Fc1cc(F)c2[nH]c(=S)n(CC3CCCCS3)c2c1. The molecule has 3 rings (SSSR count). The van der Waals surface area contributed by atoms with Gasteiger partial charge >= 0.3 is 0 Å². The molecule has 102 valence electrons. The molecule has 1 aliphatic rings. The van der Waals surface area contributed by atoms with Crippen LogP contribution >= 0.6 is 24.0 Å².